The largest absolute Gasteiger partial charge is 0.494 e. The minimum atomic E-state index is -0.776. The SMILES string of the molecule is CCOc1ccc(C(=O)NC2CCCN(c3nnc(C(N)=O)c(Nc4ccc(C(=O)N5CCOCC5)cc4)n3)C2)cc1. The molecule has 2 aliphatic heterocycles. The highest BCUT2D eigenvalue weighted by Gasteiger charge is 2.26. The smallest absolute Gasteiger partial charge is 0.273 e. The number of ether oxygens (including phenoxy) is 2. The maximum absolute atomic E-state index is 12.9. The number of carbonyl (C=O) groups is 3. The van der Waals surface area contributed by atoms with Crippen LogP contribution >= 0.6 is 0 Å². The van der Waals surface area contributed by atoms with Crippen molar-refractivity contribution in [1.29, 1.82) is 0 Å². The monoisotopic (exact) mass is 574 g/mol. The van der Waals surface area contributed by atoms with Crippen molar-refractivity contribution >= 4 is 35.2 Å². The Labute approximate surface area is 243 Å². The highest BCUT2D eigenvalue weighted by molar-refractivity contribution is 5.97. The summed E-state index contributed by atoms with van der Waals surface area (Å²) in [5, 5.41) is 14.4. The molecule has 0 radical (unpaired) electrons. The second kappa shape index (κ2) is 13.3. The van der Waals surface area contributed by atoms with Crippen LogP contribution in [0.4, 0.5) is 17.5 Å². The van der Waals surface area contributed by atoms with E-state index in [0.29, 0.717) is 74.5 Å². The average Bonchev–Trinajstić information content (AvgIpc) is 3.02. The Morgan fingerprint density at radius 2 is 1.71 bits per heavy atom. The van der Waals surface area contributed by atoms with Gasteiger partial charge in [0.2, 0.25) is 5.95 Å². The Hall–Kier alpha value is -4.78. The third-order valence-electron chi connectivity index (χ3n) is 7.07. The quantitative estimate of drug-likeness (QED) is 0.344. The van der Waals surface area contributed by atoms with E-state index >= 15 is 0 Å². The van der Waals surface area contributed by atoms with E-state index in [1.165, 1.54) is 0 Å². The summed E-state index contributed by atoms with van der Waals surface area (Å²) < 4.78 is 10.8. The van der Waals surface area contributed by atoms with Gasteiger partial charge in [0.15, 0.2) is 11.5 Å². The molecular formula is C29H34N8O5. The first-order valence-electron chi connectivity index (χ1n) is 14.0. The summed E-state index contributed by atoms with van der Waals surface area (Å²) in [4.78, 5) is 46.0. The van der Waals surface area contributed by atoms with Gasteiger partial charge in [-0.05, 0) is 68.3 Å². The Bertz CT molecular complexity index is 1410. The molecule has 0 spiro atoms. The molecule has 3 heterocycles. The zero-order valence-corrected chi connectivity index (χ0v) is 23.4. The lowest BCUT2D eigenvalue weighted by Gasteiger charge is -2.33. The fourth-order valence-corrected chi connectivity index (χ4v) is 4.90. The van der Waals surface area contributed by atoms with Gasteiger partial charge in [0.05, 0.1) is 19.8 Å². The van der Waals surface area contributed by atoms with E-state index in [2.05, 4.69) is 25.8 Å². The van der Waals surface area contributed by atoms with Crippen molar-refractivity contribution in [2.24, 2.45) is 5.73 Å². The summed E-state index contributed by atoms with van der Waals surface area (Å²) in [7, 11) is 0. The number of rotatable bonds is 9. The number of hydrogen-bond donors (Lipinski definition) is 3. The molecule has 13 heteroatoms. The summed E-state index contributed by atoms with van der Waals surface area (Å²) >= 11 is 0. The van der Waals surface area contributed by atoms with Crippen LogP contribution < -0.4 is 26.0 Å². The van der Waals surface area contributed by atoms with Crippen LogP contribution in [0.15, 0.2) is 48.5 Å². The van der Waals surface area contributed by atoms with Crippen LogP contribution in [0.1, 0.15) is 51.0 Å². The van der Waals surface area contributed by atoms with Crippen molar-refractivity contribution < 1.29 is 23.9 Å². The molecule has 2 fully saturated rings. The lowest BCUT2D eigenvalue weighted by Crippen LogP contribution is -2.48. The van der Waals surface area contributed by atoms with Gasteiger partial charge in [0, 0.05) is 49.0 Å². The van der Waals surface area contributed by atoms with Crippen molar-refractivity contribution in [2.75, 3.05) is 56.2 Å². The average molecular weight is 575 g/mol. The highest BCUT2D eigenvalue weighted by Crippen LogP contribution is 2.23. The predicted octanol–water partition coefficient (Wildman–Crippen LogP) is 1.98. The predicted molar refractivity (Wildman–Crippen MR) is 155 cm³/mol. The highest BCUT2D eigenvalue weighted by atomic mass is 16.5. The first-order chi connectivity index (χ1) is 20.4. The number of morpholine rings is 1. The van der Waals surface area contributed by atoms with Gasteiger partial charge in [-0.2, -0.15) is 4.98 Å². The van der Waals surface area contributed by atoms with Gasteiger partial charge in [0.25, 0.3) is 17.7 Å². The molecule has 2 aromatic carbocycles. The lowest BCUT2D eigenvalue weighted by molar-refractivity contribution is 0.0303. The first-order valence-corrected chi connectivity index (χ1v) is 14.0. The molecule has 1 atom stereocenters. The van der Waals surface area contributed by atoms with Gasteiger partial charge < -0.3 is 35.6 Å². The van der Waals surface area contributed by atoms with Crippen molar-refractivity contribution in [3.05, 3.63) is 65.4 Å². The molecule has 0 saturated carbocycles. The molecule has 4 N–H and O–H groups in total. The standard InChI is InChI=1S/C29H34N8O5/c1-2-42-23-11-7-19(8-12-23)27(39)32-22-4-3-13-37(18-22)29-33-26(24(25(30)38)34-35-29)31-21-9-5-20(6-10-21)28(40)36-14-16-41-17-15-36/h5-12,22H,2-4,13-18H2,1H3,(H2,30,38)(H,32,39)(H,31,33,35). The van der Waals surface area contributed by atoms with E-state index in [1.807, 2.05) is 11.8 Å². The molecule has 2 saturated heterocycles. The van der Waals surface area contributed by atoms with Crippen LogP contribution in [0.3, 0.4) is 0 Å². The second-order valence-corrected chi connectivity index (χ2v) is 10.00. The van der Waals surface area contributed by atoms with Crippen LogP contribution in [-0.4, -0.2) is 89.8 Å². The van der Waals surface area contributed by atoms with Crippen molar-refractivity contribution in [2.45, 2.75) is 25.8 Å². The molecule has 42 heavy (non-hydrogen) atoms. The Balaban J connectivity index is 1.26. The van der Waals surface area contributed by atoms with Crippen LogP contribution in [0.2, 0.25) is 0 Å². The molecule has 13 nitrogen and oxygen atoms in total. The molecular weight excluding hydrogens is 540 g/mol. The van der Waals surface area contributed by atoms with Crippen LogP contribution in [0.25, 0.3) is 0 Å². The number of carbonyl (C=O) groups excluding carboxylic acids is 3. The lowest BCUT2D eigenvalue weighted by atomic mass is 10.1. The minimum Gasteiger partial charge on any atom is -0.494 e. The number of amides is 3. The number of aromatic nitrogens is 3. The number of piperidine rings is 1. The molecule has 5 rings (SSSR count). The second-order valence-electron chi connectivity index (χ2n) is 10.00. The maximum atomic E-state index is 12.9. The summed E-state index contributed by atoms with van der Waals surface area (Å²) in [6.07, 6.45) is 1.60. The van der Waals surface area contributed by atoms with Crippen LogP contribution in [0.5, 0.6) is 5.75 Å². The molecule has 0 aliphatic carbocycles. The Morgan fingerprint density at radius 1 is 1.00 bits per heavy atom. The summed E-state index contributed by atoms with van der Waals surface area (Å²) in [6.45, 7) is 5.75. The fourth-order valence-electron chi connectivity index (χ4n) is 4.90. The number of anilines is 3. The van der Waals surface area contributed by atoms with Crippen molar-refractivity contribution in [3.63, 3.8) is 0 Å². The summed E-state index contributed by atoms with van der Waals surface area (Å²) in [5.74, 6) is 0.155. The van der Waals surface area contributed by atoms with E-state index < -0.39 is 5.91 Å². The van der Waals surface area contributed by atoms with Gasteiger partial charge in [-0.3, -0.25) is 14.4 Å². The summed E-state index contributed by atoms with van der Waals surface area (Å²) in [5.41, 5.74) is 7.13. The van der Waals surface area contributed by atoms with Gasteiger partial charge in [0.1, 0.15) is 5.75 Å². The number of primary amides is 1. The number of nitrogens with one attached hydrogen (secondary N) is 2. The number of nitrogens with two attached hydrogens (primary N) is 1. The van der Waals surface area contributed by atoms with Crippen molar-refractivity contribution in [1.82, 2.24) is 25.4 Å². The van der Waals surface area contributed by atoms with Crippen LogP contribution in [0, 0.1) is 0 Å². The van der Waals surface area contributed by atoms with Gasteiger partial charge in [-0.25, -0.2) is 0 Å². The Kier molecular flexibility index (Phi) is 9.07. The topological polar surface area (TPSA) is 165 Å². The van der Waals surface area contributed by atoms with E-state index in [-0.39, 0.29) is 29.4 Å². The molecule has 220 valence electrons. The zero-order valence-electron chi connectivity index (χ0n) is 23.4. The van der Waals surface area contributed by atoms with E-state index in [0.717, 1.165) is 12.8 Å². The molecule has 0 bridgehead atoms. The number of hydrogen-bond acceptors (Lipinski definition) is 10. The summed E-state index contributed by atoms with van der Waals surface area (Å²) in [6, 6.07) is 13.8. The molecule has 2 aliphatic rings. The van der Waals surface area contributed by atoms with E-state index in [4.69, 9.17) is 15.2 Å². The normalized spacial score (nSPS) is 16.9. The molecule has 3 amide bonds. The van der Waals surface area contributed by atoms with E-state index in [1.54, 1.807) is 53.4 Å². The first kappa shape index (κ1) is 28.7. The molecule has 1 aromatic heterocycles. The minimum absolute atomic E-state index is 0.0667. The van der Waals surface area contributed by atoms with Gasteiger partial charge in [-0.15, -0.1) is 10.2 Å². The third kappa shape index (κ3) is 6.92. The van der Waals surface area contributed by atoms with Crippen molar-refractivity contribution in [3.8, 4) is 5.75 Å². The molecule has 1 unspecified atom stereocenters. The zero-order chi connectivity index (χ0) is 29.5. The fraction of sp³-hybridized carbons (Fsp3) is 0.379. The van der Waals surface area contributed by atoms with Crippen LogP contribution in [-0.2, 0) is 4.74 Å². The Morgan fingerprint density at radius 3 is 2.40 bits per heavy atom. The molecule has 3 aromatic rings. The number of benzene rings is 2. The van der Waals surface area contributed by atoms with Gasteiger partial charge in [-0.1, -0.05) is 0 Å². The van der Waals surface area contributed by atoms with E-state index in [9.17, 15) is 14.4 Å². The number of nitrogens with zero attached hydrogens (tertiary/aromatic N) is 5. The van der Waals surface area contributed by atoms with Gasteiger partial charge >= 0.3 is 0 Å². The maximum Gasteiger partial charge on any atom is 0.273 e. The third-order valence-corrected chi connectivity index (χ3v) is 7.07.